The van der Waals surface area contributed by atoms with E-state index in [0.29, 0.717) is 33.3 Å². The fourth-order valence-corrected chi connectivity index (χ4v) is 2.89. The van der Waals surface area contributed by atoms with Crippen LogP contribution in [0.1, 0.15) is 5.56 Å². The molecule has 0 atom stereocenters. The highest BCUT2D eigenvalue weighted by atomic mass is 35.5. The first-order chi connectivity index (χ1) is 13.1. The Hall–Kier alpha value is -3.31. The van der Waals surface area contributed by atoms with Crippen LogP contribution in [0.3, 0.4) is 0 Å². The number of anilines is 1. The molecular weight excluding hydrogens is 364 g/mol. The van der Waals surface area contributed by atoms with E-state index in [-0.39, 0.29) is 18.1 Å². The van der Waals surface area contributed by atoms with E-state index in [2.05, 4.69) is 10.3 Å². The summed E-state index contributed by atoms with van der Waals surface area (Å²) < 4.78 is 5.71. The number of phenolic OH excluding ortho intramolecular Hbond substituents is 1. The van der Waals surface area contributed by atoms with Gasteiger partial charge in [-0.2, -0.15) is 0 Å². The van der Waals surface area contributed by atoms with Crippen molar-refractivity contribution in [3.8, 4) is 17.2 Å². The third-order valence-electron chi connectivity index (χ3n) is 4.08. The third-order valence-corrected chi connectivity index (χ3v) is 4.33. The van der Waals surface area contributed by atoms with Crippen LogP contribution >= 0.6 is 11.6 Å². The molecule has 0 radical (unpaired) electrons. The normalized spacial score (nSPS) is 10.9. The third kappa shape index (κ3) is 3.78. The van der Waals surface area contributed by atoms with Crippen LogP contribution < -0.4 is 5.32 Å². The van der Waals surface area contributed by atoms with Crippen molar-refractivity contribution in [2.24, 2.45) is 0 Å². The lowest BCUT2D eigenvalue weighted by atomic mass is 10.1. The van der Waals surface area contributed by atoms with Crippen LogP contribution in [0.2, 0.25) is 5.02 Å². The predicted molar refractivity (Wildman–Crippen MR) is 105 cm³/mol. The van der Waals surface area contributed by atoms with Gasteiger partial charge in [0.05, 0.1) is 12.0 Å². The van der Waals surface area contributed by atoms with Crippen LogP contribution in [-0.2, 0) is 11.2 Å². The Bertz CT molecular complexity index is 1090. The number of rotatable bonds is 4. The van der Waals surface area contributed by atoms with E-state index in [1.54, 1.807) is 30.3 Å². The number of amides is 1. The number of aromatic nitrogens is 1. The Labute approximate surface area is 160 Å². The monoisotopic (exact) mass is 378 g/mol. The summed E-state index contributed by atoms with van der Waals surface area (Å²) in [6, 6.07) is 19.2. The maximum absolute atomic E-state index is 12.3. The van der Waals surface area contributed by atoms with Gasteiger partial charge >= 0.3 is 0 Å². The van der Waals surface area contributed by atoms with Crippen molar-refractivity contribution in [3.05, 3.63) is 77.3 Å². The molecule has 0 spiro atoms. The SMILES string of the molecule is O=C(Cc1ccc(Cl)cc1)Nc1ccc(O)c(-c2nc3ccccc3o2)c1. The van der Waals surface area contributed by atoms with Gasteiger partial charge in [-0.1, -0.05) is 35.9 Å². The summed E-state index contributed by atoms with van der Waals surface area (Å²) in [5.74, 6) is 0.145. The zero-order chi connectivity index (χ0) is 18.8. The number of oxazole rings is 1. The van der Waals surface area contributed by atoms with Crippen LogP contribution in [0, 0.1) is 0 Å². The van der Waals surface area contributed by atoms with E-state index in [9.17, 15) is 9.90 Å². The molecule has 6 heteroatoms. The zero-order valence-electron chi connectivity index (χ0n) is 14.1. The molecule has 5 nitrogen and oxygen atoms in total. The Morgan fingerprint density at radius 2 is 1.85 bits per heavy atom. The number of carbonyl (C=O) groups excluding carboxylic acids is 1. The van der Waals surface area contributed by atoms with Gasteiger partial charge in [-0.3, -0.25) is 4.79 Å². The molecule has 4 rings (SSSR count). The number of phenols is 1. The quantitative estimate of drug-likeness (QED) is 0.488. The lowest BCUT2D eigenvalue weighted by Gasteiger charge is -2.08. The van der Waals surface area contributed by atoms with E-state index in [1.165, 1.54) is 6.07 Å². The Kier molecular flexibility index (Phi) is 4.52. The molecule has 2 N–H and O–H groups in total. The zero-order valence-corrected chi connectivity index (χ0v) is 14.9. The van der Waals surface area contributed by atoms with Gasteiger partial charge in [-0.05, 0) is 48.0 Å². The van der Waals surface area contributed by atoms with Crippen LogP contribution in [0.5, 0.6) is 5.75 Å². The first-order valence-electron chi connectivity index (χ1n) is 8.32. The van der Waals surface area contributed by atoms with Crippen molar-refractivity contribution in [1.82, 2.24) is 4.98 Å². The molecule has 0 unspecified atom stereocenters. The molecule has 0 fully saturated rings. The number of hydrogen-bond acceptors (Lipinski definition) is 4. The number of benzene rings is 3. The molecule has 3 aromatic carbocycles. The van der Waals surface area contributed by atoms with Gasteiger partial charge in [-0.15, -0.1) is 0 Å². The molecule has 0 aliphatic carbocycles. The number of halogens is 1. The summed E-state index contributed by atoms with van der Waals surface area (Å²) in [5.41, 5.74) is 3.14. The molecule has 1 heterocycles. The minimum atomic E-state index is -0.175. The largest absolute Gasteiger partial charge is 0.507 e. The highest BCUT2D eigenvalue weighted by molar-refractivity contribution is 6.30. The van der Waals surface area contributed by atoms with Crippen molar-refractivity contribution in [1.29, 1.82) is 0 Å². The molecule has 0 saturated carbocycles. The summed E-state index contributed by atoms with van der Waals surface area (Å²) in [4.78, 5) is 16.7. The van der Waals surface area contributed by atoms with Crippen LogP contribution in [0.4, 0.5) is 5.69 Å². The smallest absolute Gasteiger partial charge is 0.231 e. The number of aromatic hydroxyl groups is 1. The van der Waals surface area contributed by atoms with Crippen LogP contribution in [0.15, 0.2) is 71.1 Å². The minimum absolute atomic E-state index is 0.0252. The fraction of sp³-hybridized carbons (Fsp3) is 0.0476. The number of carbonyl (C=O) groups is 1. The molecule has 0 aliphatic rings. The molecule has 4 aromatic rings. The lowest BCUT2D eigenvalue weighted by Crippen LogP contribution is -2.14. The summed E-state index contributed by atoms with van der Waals surface area (Å²) in [7, 11) is 0. The number of para-hydroxylation sites is 2. The lowest BCUT2D eigenvalue weighted by molar-refractivity contribution is -0.115. The topological polar surface area (TPSA) is 75.4 Å². The molecular formula is C21H15ClN2O3. The minimum Gasteiger partial charge on any atom is -0.507 e. The summed E-state index contributed by atoms with van der Waals surface area (Å²) >= 11 is 5.86. The van der Waals surface area contributed by atoms with Crippen molar-refractivity contribution in [3.63, 3.8) is 0 Å². The van der Waals surface area contributed by atoms with Crippen LogP contribution in [-0.4, -0.2) is 16.0 Å². The Morgan fingerprint density at radius 1 is 1.07 bits per heavy atom. The van der Waals surface area contributed by atoms with Crippen molar-refractivity contribution < 1.29 is 14.3 Å². The number of nitrogens with one attached hydrogen (secondary N) is 1. The first-order valence-corrected chi connectivity index (χ1v) is 8.69. The van der Waals surface area contributed by atoms with Crippen molar-refractivity contribution in [2.45, 2.75) is 6.42 Å². The Balaban J connectivity index is 1.56. The Morgan fingerprint density at radius 3 is 2.63 bits per heavy atom. The standard InChI is InChI=1S/C21H15ClN2O3/c22-14-7-5-13(6-8-14)11-20(26)23-15-9-10-18(25)16(12-15)21-24-17-3-1-2-4-19(17)27-21/h1-10,12,25H,11H2,(H,23,26). The highest BCUT2D eigenvalue weighted by Crippen LogP contribution is 2.33. The molecule has 134 valence electrons. The second-order valence-corrected chi connectivity index (χ2v) is 6.51. The molecule has 0 aliphatic heterocycles. The van der Waals surface area contributed by atoms with E-state index >= 15 is 0 Å². The molecule has 1 aromatic heterocycles. The fourth-order valence-electron chi connectivity index (χ4n) is 2.77. The number of nitrogens with zero attached hydrogens (tertiary/aromatic N) is 1. The van der Waals surface area contributed by atoms with E-state index in [0.717, 1.165) is 5.56 Å². The number of fused-ring (bicyclic) bond motifs is 1. The van der Waals surface area contributed by atoms with Crippen molar-refractivity contribution >= 4 is 34.3 Å². The van der Waals surface area contributed by atoms with E-state index in [1.807, 2.05) is 30.3 Å². The van der Waals surface area contributed by atoms with E-state index in [4.69, 9.17) is 16.0 Å². The van der Waals surface area contributed by atoms with Gasteiger partial charge < -0.3 is 14.8 Å². The number of hydrogen-bond donors (Lipinski definition) is 2. The van der Waals surface area contributed by atoms with Crippen LogP contribution in [0.25, 0.3) is 22.6 Å². The van der Waals surface area contributed by atoms with Gasteiger partial charge in [-0.25, -0.2) is 4.98 Å². The van der Waals surface area contributed by atoms with E-state index < -0.39 is 0 Å². The molecule has 0 bridgehead atoms. The van der Waals surface area contributed by atoms with Gasteiger partial charge in [0, 0.05) is 10.7 Å². The van der Waals surface area contributed by atoms with Gasteiger partial charge in [0.25, 0.3) is 0 Å². The molecule has 27 heavy (non-hydrogen) atoms. The van der Waals surface area contributed by atoms with Gasteiger partial charge in [0.1, 0.15) is 11.3 Å². The molecule has 0 saturated heterocycles. The first kappa shape index (κ1) is 17.1. The van der Waals surface area contributed by atoms with Crippen molar-refractivity contribution in [2.75, 3.05) is 5.32 Å². The summed E-state index contributed by atoms with van der Waals surface area (Å²) in [5, 5.41) is 13.6. The van der Waals surface area contributed by atoms with Gasteiger partial charge in [0.2, 0.25) is 11.8 Å². The van der Waals surface area contributed by atoms with Gasteiger partial charge in [0.15, 0.2) is 5.58 Å². The molecule has 1 amide bonds. The second-order valence-electron chi connectivity index (χ2n) is 6.07. The maximum atomic E-state index is 12.3. The average molecular weight is 379 g/mol. The summed E-state index contributed by atoms with van der Waals surface area (Å²) in [6.07, 6.45) is 0.219. The predicted octanol–water partition coefficient (Wildman–Crippen LogP) is 5.04. The second kappa shape index (κ2) is 7.13. The average Bonchev–Trinajstić information content (AvgIpc) is 3.09. The maximum Gasteiger partial charge on any atom is 0.231 e. The highest BCUT2D eigenvalue weighted by Gasteiger charge is 2.14. The summed E-state index contributed by atoms with van der Waals surface area (Å²) in [6.45, 7) is 0.